The third-order valence-electron chi connectivity index (χ3n) is 4.69. The molecule has 2 aromatic carbocycles. The molecule has 24 heavy (non-hydrogen) atoms. The molecule has 0 saturated carbocycles. The maximum atomic E-state index is 9.18. The summed E-state index contributed by atoms with van der Waals surface area (Å²) < 4.78 is 0. The van der Waals surface area contributed by atoms with Crippen LogP contribution in [0.1, 0.15) is 11.3 Å². The van der Waals surface area contributed by atoms with Gasteiger partial charge in [0.2, 0.25) is 0 Å². The van der Waals surface area contributed by atoms with Crippen molar-refractivity contribution in [1.82, 2.24) is 15.1 Å². The summed E-state index contributed by atoms with van der Waals surface area (Å²) in [6.07, 6.45) is 0.963. The van der Waals surface area contributed by atoms with Crippen molar-refractivity contribution in [2.75, 3.05) is 19.7 Å². The highest BCUT2D eigenvalue weighted by molar-refractivity contribution is 5.70. The Labute approximate surface area is 141 Å². The summed E-state index contributed by atoms with van der Waals surface area (Å²) in [6, 6.07) is 19.0. The van der Waals surface area contributed by atoms with Gasteiger partial charge in [-0.1, -0.05) is 54.6 Å². The molecular weight excluding hydrogens is 298 g/mol. The Balaban J connectivity index is 1.62. The van der Waals surface area contributed by atoms with Gasteiger partial charge in [0.1, 0.15) is 0 Å². The first-order valence-electron chi connectivity index (χ1n) is 8.40. The third-order valence-corrected chi connectivity index (χ3v) is 4.69. The fourth-order valence-corrected chi connectivity index (χ4v) is 3.37. The predicted octanol–water partition coefficient (Wildman–Crippen LogP) is 3.09. The number of aliphatic hydroxyl groups excluding tert-OH is 1. The Kier molecular flexibility index (Phi) is 4.15. The largest absolute Gasteiger partial charge is 0.395 e. The van der Waals surface area contributed by atoms with Crippen molar-refractivity contribution < 1.29 is 5.11 Å². The smallest absolute Gasteiger partial charge is 0.0968 e. The van der Waals surface area contributed by atoms with Gasteiger partial charge in [-0.05, 0) is 11.1 Å². The summed E-state index contributed by atoms with van der Waals surface area (Å²) in [5.74, 6) is 0. The number of rotatable bonds is 4. The van der Waals surface area contributed by atoms with Gasteiger partial charge in [0.25, 0.3) is 0 Å². The Morgan fingerprint density at radius 2 is 1.67 bits per heavy atom. The Bertz CT molecular complexity index is 809. The average molecular weight is 319 g/mol. The van der Waals surface area contributed by atoms with Gasteiger partial charge in [0.05, 0.1) is 12.3 Å². The van der Waals surface area contributed by atoms with Crippen molar-refractivity contribution in [3.63, 3.8) is 0 Å². The van der Waals surface area contributed by atoms with Crippen molar-refractivity contribution >= 4 is 0 Å². The van der Waals surface area contributed by atoms with E-state index >= 15 is 0 Å². The van der Waals surface area contributed by atoms with E-state index < -0.39 is 0 Å². The lowest BCUT2D eigenvalue weighted by Crippen LogP contribution is -2.32. The average Bonchev–Trinajstić information content (AvgIpc) is 3.06. The van der Waals surface area contributed by atoms with E-state index in [-0.39, 0.29) is 6.61 Å². The normalized spacial score (nSPS) is 14.5. The fraction of sp³-hybridized carbons (Fsp3) is 0.250. The maximum Gasteiger partial charge on any atom is 0.0968 e. The van der Waals surface area contributed by atoms with E-state index in [4.69, 9.17) is 0 Å². The summed E-state index contributed by atoms with van der Waals surface area (Å²) >= 11 is 0. The van der Waals surface area contributed by atoms with Gasteiger partial charge < -0.3 is 5.11 Å². The number of aromatic amines is 1. The second-order valence-corrected chi connectivity index (χ2v) is 6.22. The van der Waals surface area contributed by atoms with E-state index in [1.165, 1.54) is 22.4 Å². The van der Waals surface area contributed by atoms with Crippen LogP contribution in [-0.2, 0) is 13.0 Å². The molecule has 3 aromatic rings. The molecule has 4 nitrogen and oxygen atoms in total. The van der Waals surface area contributed by atoms with E-state index in [1.807, 2.05) is 6.07 Å². The zero-order valence-electron chi connectivity index (χ0n) is 13.6. The molecule has 2 heterocycles. The number of aliphatic hydroxyl groups is 1. The first-order valence-corrected chi connectivity index (χ1v) is 8.40. The molecule has 0 unspecified atom stereocenters. The summed E-state index contributed by atoms with van der Waals surface area (Å²) in [5.41, 5.74) is 7.10. The number of H-pyrrole nitrogens is 1. The van der Waals surface area contributed by atoms with Crippen molar-refractivity contribution in [3.05, 3.63) is 65.9 Å². The van der Waals surface area contributed by atoms with E-state index in [0.717, 1.165) is 37.3 Å². The minimum Gasteiger partial charge on any atom is -0.395 e. The molecule has 1 aliphatic heterocycles. The van der Waals surface area contributed by atoms with Crippen molar-refractivity contribution in [3.8, 4) is 22.4 Å². The third kappa shape index (κ3) is 2.86. The standard InChI is InChI=1S/C20H21N3O/c24-13-12-23-11-10-19-18(14-23)20(22-21-19)17-8-6-16(7-9-17)15-4-2-1-3-5-15/h1-9,24H,10-14H2,(H,21,22). The van der Waals surface area contributed by atoms with Crippen molar-refractivity contribution in [2.45, 2.75) is 13.0 Å². The molecule has 0 amide bonds. The first-order chi connectivity index (χ1) is 11.8. The van der Waals surface area contributed by atoms with Crippen LogP contribution in [-0.4, -0.2) is 39.9 Å². The Morgan fingerprint density at radius 1 is 0.958 bits per heavy atom. The molecule has 1 aliphatic rings. The van der Waals surface area contributed by atoms with Crippen LogP contribution in [0.15, 0.2) is 54.6 Å². The van der Waals surface area contributed by atoms with E-state index in [0.29, 0.717) is 0 Å². The molecule has 0 aliphatic carbocycles. The van der Waals surface area contributed by atoms with Gasteiger partial charge in [-0.25, -0.2) is 0 Å². The number of hydrogen-bond acceptors (Lipinski definition) is 3. The molecule has 1 aromatic heterocycles. The second kappa shape index (κ2) is 6.59. The topological polar surface area (TPSA) is 52.1 Å². The molecule has 2 N–H and O–H groups in total. The predicted molar refractivity (Wildman–Crippen MR) is 95.5 cm³/mol. The van der Waals surface area contributed by atoms with Crippen LogP contribution < -0.4 is 0 Å². The number of aromatic nitrogens is 2. The number of nitrogens with one attached hydrogen (secondary N) is 1. The van der Waals surface area contributed by atoms with Crippen LogP contribution in [0, 0.1) is 0 Å². The summed E-state index contributed by atoms with van der Waals surface area (Å²) in [5, 5.41) is 16.9. The fourth-order valence-electron chi connectivity index (χ4n) is 3.37. The monoisotopic (exact) mass is 319 g/mol. The molecule has 4 heteroatoms. The quantitative estimate of drug-likeness (QED) is 0.777. The summed E-state index contributed by atoms with van der Waals surface area (Å²) in [7, 11) is 0. The highest BCUT2D eigenvalue weighted by atomic mass is 16.3. The van der Waals surface area contributed by atoms with Gasteiger partial charge in [0, 0.05) is 42.9 Å². The highest BCUT2D eigenvalue weighted by Crippen LogP contribution is 2.30. The zero-order valence-corrected chi connectivity index (χ0v) is 13.6. The minimum atomic E-state index is 0.203. The van der Waals surface area contributed by atoms with Crippen LogP contribution >= 0.6 is 0 Å². The van der Waals surface area contributed by atoms with Gasteiger partial charge in [-0.2, -0.15) is 5.10 Å². The lowest BCUT2D eigenvalue weighted by atomic mass is 9.98. The summed E-state index contributed by atoms with van der Waals surface area (Å²) in [4.78, 5) is 2.28. The lowest BCUT2D eigenvalue weighted by molar-refractivity contribution is 0.184. The van der Waals surface area contributed by atoms with Gasteiger partial charge in [-0.15, -0.1) is 0 Å². The zero-order chi connectivity index (χ0) is 16.4. The second-order valence-electron chi connectivity index (χ2n) is 6.22. The molecule has 0 bridgehead atoms. The molecular formula is C20H21N3O. The van der Waals surface area contributed by atoms with E-state index in [2.05, 4.69) is 63.6 Å². The molecule has 0 saturated heterocycles. The summed E-state index contributed by atoms with van der Waals surface area (Å²) in [6.45, 7) is 2.75. The molecule has 4 rings (SSSR count). The van der Waals surface area contributed by atoms with Gasteiger partial charge in [-0.3, -0.25) is 10.00 Å². The minimum absolute atomic E-state index is 0.203. The van der Waals surface area contributed by atoms with Gasteiger partial charge >= 0.3 is 0 Å². The lowest BCUT2D eigenvalue weighted by Gasteiger charge is -2.26. The van der Waals surface area contributed by atoms with Crippen LogP contribution in [0.5, 0.6) is 0 Å². The highest BCUT2D eigenvalue weighted by Gasteiger charge is 2.22. The van der Waals surface area contributed by atoms with Gasteiger partial charge in [0.15, 0.2) is 0 Å². The van der Waals surface area contributed by atoms with Crippen LogP contribution in [0.2, 0.25) is 0 Å². The van der Waals surface area contributed by atoms with E-state index in [9.17, 15) is 5.11 Å². The number of nitrogens with zero attached hydrogens (tertiary/aromatic N) is 2. The maximum absolute atomic E-state index is 9.18. The van der Waals surface area contributed by atoms with Crippen LogP contribution in [0.3, 0.4) is 0 Å². The number of β-amino-alcohol motifs (C(OH)–C–C–N with tert-alkyl or cyclic N) is 1. The Hall–Kier alpha value is -2.43. The Morgan fingerprint density at radius 3 is 2.42 bits per heavy atom. The number of fused-ring (bicyclic) bond motifs is 1. The first kappa shape index (κ1) is 15.1. The molecule has 0 atom stereocenters. The molecule has 122 valence electrons. The van der Waals surface area contributed by atoms with Crippen LogP contribution in [0.25, 0.3) is 22.4 Å². The van der Waals surface area contributed by atoms with Crippen molar-refractivity contribution in [1.29, 1.82) is 0 Å². The molecule has 0 radical (unpaired) electrons. The van der Waals surface area contributed by atoms with Crippen LogP contribution in [0.4, 0.5) is 0 Å². The number of benzene rings is 2. The molecule has 0 spiro atoms. The molecule has 0 fully saturated rings. The van der Waals surface area contributed by atoms with Crippen molar-refractivity contribution in [2.24, 2.45) is 0 Å². The van der Waals surface area contributed by atoms with E-state index in [1.54, 1.807) is 0 Å². The number of hydrogen-bond donors (Lipinski definition) is 2. The SMILES string of the molecule is OCCN1CCc2[nH]nc(-c3ccc(-c4ccccc4)cc3)c2C1.